The topological polar surface area (TPSA) is 51.5 Å². The van der Waals surface area contributed by atoms with Crippen molar-refractivity contribution in [3.8, 4) is 0 Å². The van der Waals surface area contributed by atoms with E-state index >= 15 is 0 Å². The summed E-state index contributed by atoms with van der Waals surface area (Å²) in [6.07, 6.45) is 3.09. The van der Waals surface area contributed by atoms with Crippen molar-refractivity contribution in [2.24, 2.45) is 0 Å². The molecule has 0 amide bonds. The van der Waals surface area contributed by atoms with Crippen LogP contribution in [0.1, 0.15) is 18.4 Å². The molecule has 2 aromatic rings. The van der Waals surface area contributed by atoms with Gasteiger partial charge in [-0.15, -0.1) is 0 Å². The Hall–Kier alpha value is -1.81. The number of ether oxygens (including phenoxy) is 1. The Kier molecular flexibility index (Phi) is 3.99. The molecule has 2 rings (SSSR count). The van der Waals surface area contributed by atoms with Gasteiger partial charge in [0.2, 0.25) is 0 Å². The van der Waals surface area contributed by atoms with Crippen LogP contribution in [-0.2, 0) is 22.7 Å². The van der Waals surface area contributed by atoms with Gasteiger partial charge in [0.15, 0.2) is 0 Å². The molecule has 18 heavy (non-hydrogen) atoms. The summed E-state index contributed by atoms with van der Waals surface area (Å²) in [5.41, 5.74) is 2.01. The second kappa shape index (κ2) is 5.69. The van der Waals surface area contributed by atoms with E-state index in [1.807, 2.05) is 30.5 Å². The molecule has 4 heteroatoms. The minimum atomic E-state index is -0.186. The van der Waals surface area contributed by atoms with Crippen molar-refractivity contribution in [3.05, 3.63) is 36.0 Å². The van der Waals surface area contributed by atoms with Gasteiger partial charge in [0.25, 0.3) is 0 Å². The molecule has 1 heterocycles. The Morgan fingerprint density at radius 1 is 1.39 bits per heavy atom. The average molecular weight is 247 g/mol. The van der Waals surface area contributed by atoms with Crippen molar-refractivity contribution in [1.82, 2.24) is 4.57 Å². The fraction of sp³-hybridized carbons (Fsp3) is 0.357. The number of carbonyl (C=O) groups is 1. The number of hydrogen-bond acceptors (Lipinski definition) is 3. The van der Waals surface area contributed by atoms with E-state index < -0.39 is 0 Å². The molecule has 0 atom stereocenters. The molecule has 0 aliphatic rings. The number of esters is 1. The Balaban J connectivity index is 2.15. The zero-order valence-corrected chi connectivity index (χ0v) is 10.4. The fourth-order valence-corrected chi connectivity index (χ4v) is 2.13. The molecule has 0 fully saturated rings. The molecule has 0 bridgehead atoms. The van der Waals surface area contributed by atoms with Gasteiger partial charge in [0.05, 0.1) is 13.7 Å². The maximum atomic E-state index is 11.1. The normalized spacial score (nSPS) is 10.8. The molecule has 0 unspecified atom stereocenters. The van der Waals surface area contributed by atoms with Crippen molar-refractivity contribution < 1.29 is 14.6 Å². The third-order valence-corrected chi connectivity index (χ3v) is 3.05. The van der Waals surface area contributed by atoms with Crippen LogP contribution in [0.5, 0.6) is 0 Å². The first-order valence-electron chi connectivity index (χ1n) is 6.00. The smallest absolute Gasteiger partial charge is 0.305 e. The number of carbonyl (C=O) groups excluding carboxylic acids is 1. The number of aryl methyl sites for hydroxylation is 1. The average Bonchev–Trinajstić information content (AvgIpc) is 2.77. The largest absolute Gasteiger partial charge is 0.469 e. The molecule has 0 aliphatic heterocycles. The van der Waals surface area contributed by atoms with E-state index in [4.69, 9.17) is 0 Å². The van der Waals surface area contributed by atoms with Crippen LogP contribution in [-0.4, -0.2) is 22.8 Å². The number of aliphatic hydroxyl groups excluding tert-OH is 1. The van der Waals surface area contributed by atoms with Crippen molar-refractivity contribution in [2.75, 3.05) is 7.11 Å². The van der Waals surface area contributed by atoms with Crippen LogP contribution in [0, 0.1) is 0 Å². The summed E-state index contributed by atoms with van der Waals surface area (Å²) in [5.74, 6) is -0.186. The molecule has 1 aromatic carbocycles. The molecule has 96 valence electrons. The second-order valence-corrected chi connectivity index (χ2v) is 4.20. The molecule has 0 aliphatic carbocycles. The first-order chi connectivity index (χ1) is 8.76. The van der Waals surface area contributed by atoms with Crippen molar-refractivity contribution in [3.63, 3.8) is 0 Å². The van der Waals surface area contributed by atoms with E-state index in [9.17, 15) is 9.90 Å². The van der Waals surface area contributed by atoms with E-state index in [1.165, 1.54) is 7.11 Å². The molecular formula is C14H17NO3. The number of rotatable bonds is 5. The Labute approximate surface area is 106 Å². The highest BCUT2D eigenvalue weighted by Crippen LogP contribution is 2.21. The minimum absolute atomic E-state index is 0.0323. The van der Waals surface area contributed by atoms with Gasteiger partial charge in [-0.2, -0.15) is 0 Å². The lowest BCUT2D eigenvalue weighted by atomic mass is 10.2. The van der Waals surface area contributed by atoms with Crippen molar-refractivity contribution >= 4 is 16.9 Å². The number of aliphatic hydroxyl groups is 1. The third kappa shape index (κ3) is 2.54. The maximum absolute atomic E-state index is 11.1. The number of hydrogen-bond donors (Lipinski definition) is 1. The van der Waals surface area contributed by atoms with Gasteiger partial charge in [0.1, 0.15) is 0 Å². The van der Waals surface area contributed by atoms with E-state index in [2.05, 4.69) is 9.30 Å². The predicted molar refractivity (Wildman–Crippen MR) is 69.1 cm³/mol. The molecule has 0 saturated carbocycles. The summed E-state index contributed by atoms with van der Waals surface area (Å²) in [6, 6.07) is 7.95. The van der Waals surface area contributed by atoms with Gasteiger partial charge in [-0.05, 0) is 12.5 Å². The van der Waals surface area contributed by atoms with Crippen LogP contribution < -0.4 is 0 Å². The third-order valence-electron chi connectivity index (χ3n) is 3.05. The highest BCUT2D eigenvalue weighted by molar-refractivity contribution is 5.83. The summed E-state index contributed by atoms with van der Waals surface area (Å²) in [6.45, 7) is 0.778. The fourth-order valence-electron chi connectivity index (χ4n) is 2.13. The highest BCUT2D eigenvalue weighted by atomic mass is 16.5. The van der Waals surface area contributed by atoms with Crippen LogP contribution in [0.15, 0.2) is 30.5 Å². The van der Waals surface area contributed by atoms with Crippen LogP contribution in [0.2, 0.25) is 0 Å². The van der Waals surface area contributed by atoms with Crippen LogP contribution in [0.25, 0.3) is 10.9 Å². The Bertz CT molecular complexity index is 545. The predicted octanol–water partition coefficient (Wildman–Crippen LogP) is 2.09. The quantitative estimate of drug-likeness (QED) is 0.823. The Morgan fingerprint density at radius 2 is 2.17 bits per heavy atom. The number of nitrogens with zero attached hydrogens (tertiary/aromatic N) is 1. The zero-order valence-electron chi connectivity index (χ0n) is 10.4. The van der Waals surface area contributed by atoms with Crippen LogP contribution in [0.4, 0.5) is 0 Å². The highest BCUT2D eigenvalue weighted by Gasteiger charge is 2.07. The van der Waals surface area contributed by atoms with Crippen molar-refractivity contribution in [1.29, 1.82) is 0 Å². The maximum Gasteiger partial charge on any atom is 0.305 e. The van der Waals surface area contributed by atoms with E-state index in [-0.39, 0.29) is 12.6 Å². The van der Waals surface area contributed by atoms with Crippen LogP contribution in [0.3, 0.4) is 0 Å². The summed E-state index contributed by atoms with van der Waals surface area (Å²) >= 11 is 0. The first-order valence-corrected chi connectivity index (χ1v) is 6.00. The van der Waals surface area contributed by atoms with Gasteiger partial charge in [-0.25, -0.2) is 0 Å². The summed E-state index contributed by atoms with van der Waals surface area (Å²) < 4.78 is 6.69. The molecule has 1 N–H and O–H groups in total. The van der Waals surface area contributed by atoms with Gasteiger partial charge in [-0.3, -0.25) is 4.79 Å². The molecular weight excluding hydrogens is 230 g/mol. The summed E-state index contributed by atoms with van der Waals surface area (Å²) in [4.78, 5) is 11.1. The number of fused-ring (bicyclic) bond motifs is 1. The standard InChI is InChI=1S/C14H17NO3/c1-18-14(17)7-4-8-15-9-11(10-16)12-5-2-3-6-13(12)15/h2-3,5-6,9,16H,4,7-8,10H2,1H3. The monoisotopic (exact) mass is 247 g/mol. The summed E-state index contributed by atoms with van der Waals surface area (Å²) in [5, 5.41) is 10.4. The number of para-hydroxylation sites is 1. The number of methoxy groups -OCH3 is 1. The molecule has 0 radical (unpaired) electrons. The molecule has 0 saturated heterocycles. The molecule has 1 aromatic heterocycles. The lowest BCUT2D eigenvalue weighted by molar-refractivity contribution is -0.140. The van der Waals surface area contributed by atoms with Crippen LogP contribution >= 0.6 is 0 Å². The summed E-state index contributed by atoms with van der Waals surface area (Å²) in [7, 11) is 1.40. The van der Waals surface area contributed by atoms with Gasteiger partial charge in [-0.1, -0.05) is 18.2 Å². The lowest BCUT2D eigenvalue weighted by Crippen LogP contribution is -2.03. The van der Waals surface area contributed by atoms with E-state index in [0.717, 1.165) is 29.4 Å². The van der Waals surface area contributed by atoms with E-state index in [0.29, 0.717) is 6.42 Å². The number of aromatic nitrogens is 1. The van der Waals surface area contributed by atoms with Crippen molar-refractivity contribution in [2.45, 2.75) is 26.0 Å². The molecule has 0 spiro atoms. The molecule has 4 nitrogen and oxygen atoms in total. The number of benzene rings is 1. The van der Waals surface area contributed by atoms with Gasteiger partial charge >= 0.3 is 5.97 Å². The first kappa shape index (κ1) is 12.6. The van der Waals surface area contributed by atoms with Gasteiger partial charge < -0.3 is 14.4 Å². The second-order valence-electron chi connectivity index (χ2n) is 4.20. The Morgan fingerprint density at radius 3 is 2.89 bits per heavy atom. The SMILES string of the molecule is COC(=O)CCCn1cc(CO)c2ccccc21. The minimum Gasteiger partial charge on any atom is -0.469 e. The zero-order chi connectivity index (χ0) is 13.0. The van der Waals surface area contributed by atoms with E-state index in [1.54, 1.807) is 0 Å². The van der Waals surface area contributed by atoms with Gasteiger partial charge in [0, 0.05) is 35.6 Å². The lowest BCUT2D eigenvalue weighted by Gasteiger charge is -2.04.